The van der Waals surface area contributed by atoms with Crippen LogP contribution in [0.2, 0.25) is 5.02 Å². The Hall–Kier alpha value is -3.33. The van der Waals surface area contributed by atoms with Gasteiger partial charge in [0.05, 0.1) is 21.3 Å². The first-order valence-electron chi connectivity index (χ1n) is 12.4. The summed E-state index contributed by atoms with van der Waals surface area (Å²) in [5, 5.41) is 20.4. The third-order valence-corrected chi connectivity index (χ3v) is 7.99. The standard InChI is InChI=1S/C29H29ClN4O3S/c1-7-29(27(35)36,37-28(3,4)5)24-16(2)14-21-25(23(24)17-8-11-19(30)12-9-17)38-26(31-21)18-10-13-22-20(15-18)32-33-34(22)6/h8-15H,7H2,1-6H3,(H,35,36). The first kappa shape index (κ1) is 26.3. The van der Waals surface area contributed by atoms with Gasteiger partial charge < -0.3 is 9.84 Å². The molecule has 0 spiro atoms. The molecule has 0 aliphatic rings. The third kappa shape index (κ3) is 4.46. The van der Waals surface area contributed by atoms with Crippen LogP contribution >= 0.6 is 22.9 Å². The quantitative estimate of drug-likeness (QED) is 0.238. The number of carboxylic acid groups (broad SMARTS) is 1. The van der Waals surface area contributed by atoms with Crippen LogP contribution in [0.4, 0.5) is 0 Å². The Morgan fingerprint density at radius 3 is 2.39 bits per heavy atom. The van der Waals surface area contributed by atoms with Gasteiger partial charge in [-0.15, -0.1) is 16.4 Å². The lowest BCUT2D eigenvalue weighted by atomic mass is 9.81. The summed E-state index contributed by atoms with van der Waals surface area (Å²) in [6, 6.07) is 15.4. The van der Waals surface area contributed by atoms with E-state index in [1.54, 1.807) is 4.68 Å². The van der Waals surface area contributed by atoms with E-state index in [-0.39, 0.29) is 6.42 Å². The van der Waals surface area contributed by atoms with E-state index >= 15 is 0 Å². The fourth-order valence-electron chi connectivity index (χ4n) is 5.03. The molecule has 0 radical (unpaired) electrons. The van der Waals surface area contributed by atoms with Crippen molar-refractivity contribution in [3.05, 3.63) is 64.7 Å². The lowest BCUT2D eigenvalue weighted by molar-refractivity contribution is -0.188. The van der Waals surface area contributed by atoms with Gasteiger partial charge in [-0.1, -0.05) is 35.9 Å². The third-order valence-electron chi connectivity index (χ3n) is 6.60. The Kier molecular flexibility index (Phi) is 6.54. The van der Waals surface area contributed by atoms with E-state index in [0.29, 0.717) is 10.6 Å². The van der Waals surface area contributed by atoms with Crippen LogP contribution < -0.4 is 0 Å². The number of carboxylic acids is 1. The molecule has 5 aromatic rings. The number of nitrogens with zero attached hydrogens (tertiary/aromatic N) is 4. The minimum absolute atomic E-state index is 0.252. The Morgan fingerprint density at radius 1 is 1.08 bits per heavy atom. The zero-order valence-corrected chi connectivity index (χ0v) is 23.7. The van der Waals surface area contributed by atoms with Crippen molar-refractivity contribution in [3.63, 3.8) is 0 Å². The van der Waals surface area contributed by atoms with Crippen LogP contribution in [0.3, 0.4) is 0 Å². The number of hydrogen-bond acceptors (Lipinski definition) is 6. The van der Waals surface area contributed by atoms with Gasteiger partial charge in [-0.2, -0.15) is 0 Å². The highest BCUT2D eigenvalue weighted by atomic mass is 35.5. The Bertz CT molecular complexity index is 1680. The molecule has 2 aromatic heterocycles. The minimum atomic E-state index is -1.56. The molecule has 0 bridgehead atoms. The highest BCUT2D eigenvalue weighted by Gasteiger charge is 2.46. The van der Waals surface area contributed by atoms with Crippen molar-refractivity contribution in [2.75, 3.05) is 0 Å². The molecule has 7 nitrogen and oxygen atoms in total. The van der Waals surface area contributed by atoms with Crippen molar-refractivity contribution in [3.8, 4) is 21.7 Å². The first-order valence-corrected chi connectivity index (χ1v) is 13.6. The normalized spacial score (nSPS) is 13.8. The van der Waals surface area contributed by atoms with Gasteiger partial charge in [-0.25, -0.2) is 14.5 Å². The molecule has 0 saturated carbocycles. The molecule has 1 N–H and O–H groups in total. The van der Waals surface area contributed by atoms with Gasteiger partial charge in [0.2, 0.25) is 0 Å². The molecule has 38 heavy (non-hydrogen) atoms. The number of benzene rings is 3. The number of thiazole rings is 1. The number of aromatic nitrogens is 4. The van der Waals surface area contributed by atoms with Crippen LogP contribution in [0.25, 0.3) is 42.9 Å². The smallest absolute Gasteiger partial charge is 0.340 e. The molecule has 2 heterocycles. The SMILES string of the molecule is CCC(OC(C)(C)C)(C(=O)O)c1c(C)cc2nc(-c3ccc4c(c3)nnn4C)sc2c1-c1ccc(Cl)cc1. The predicted molar refractivity (Wildman–Crippen MR) is 153 cm³/mol. The van der Waals surface area contributed by atoms with Crippen LogP contribution in [-0.2, 0) is 22.2 Å². The van der Waals surface area contributed by atoms with Crippen LogP contribution in [0.5, 0.6) is 0 Å². The average molecular weight is 549 g/mol. The maximum atomic E-state index is 13.0. The number of ether oxygens (including phenoxy) is 1. The first-order chi connectivity index (χ1) is 17.9. The summed E-state index contributed by atoms with van der Waals surface area (Å²) in [7, 11) is 1.86. The molecule has 1 unspecified atom stereocenters. The van der Waals surface area contributed by atoms with Crippen molar-refractivity contribution in [2.45, 2.75) is 52.2 Å². The molecule has 1 atom stereocenters. The molecule has 3 aromatic carbocycles. The van der Waals surface area contributed by atoms with E-state index in [1.807, 2.05) is 90.2 Å². The number of carbonyl (C=O) groups is 1. The van der Waals surface area contributed by atoms with E-state index in [4.69, 9.17) is 21.3 Å². The van der Waals surface area contributed by atoms with E-state index in [1.165, 1.54) is 11.3 Å². The van der Waals surface area contributed by atoms with E-state index in [2.05, 4.69) is 10.3 Å². The summed E-state index contributed by atoms with van der Waals surface area (Å²) in [5.41, 5.74) is 4.27. The van der Waals surface area contributed by atoms with Gasteiger partial charge in [0.25, 0.3) is 0 Å². The lowest BCUT2D eigenvalue weighted by Crippen LogP contribution is -2.44. The van der Waals surface area contributed by atoms with E-state index < -0.39 is 17.2 Å². The zero-order chi connectivity index (χ0) is 27.4. The molecule has 9 heteroatoms. The highest BCUT2D eigenvalue weighted by Crippen LogP contribution is 2.47. The monoisotopic (exact) mass is 548 g/mol. The number of halogens is 1. The lowest BCUT2D eigenvalue weighted by Gasteiger charge is -2.38. The van der Waals surface area contributed by atoms with Crippen molar-refractivity contribution < 1.29 is 14.6 Å². The molecule has 0 amide bonds. The molecule has 0 aliphatic heterocycles. The molecule has 0 fully saturated rings. The summed E-state index contributed by atoms with van der Waals surface area (Å²) in [5.74, 6) is -1.02. The molecular weight excluding hydrogens is 520 g/mol. The van der Waals surface area contributed by atoms with Crippen molar-refractivity contribution in [2.24, 2.45) is 7.05 Å². The van der Waals surface area contributed by atoms with E-state index in [0.717, 1.165) is 48.5 Å². The average Bonchev–Trinajstić information content (AvgIpc) is 3.45. The maximum Gasteiger partial charge on any atom is 0.340 e. The second-order valence-corrected chi connectivity index (χ2v) is 11.9. The molecular formula is C29H29ClN4O3S. The Balaban J connectivity index is 1.84. The molecule has 0 saturated heterocycles. The summed E-state index contributed by atoms with van der Waals surface area (Å²) < 4.78 is 9.04. The summed E-state index contributed by atoms with van der Waals surface area (Å²) in [6.45, 7) is 9.42. The molecule has 5 rings (SSSR count). The van der Waals surface area contributed by atoms with Crippen molar-refractivity contribution >= 4 is 50.2 Å². The van der Waals surface area contributed by atoms with Crippen LogP contribution in [0.15, 0.2) is 48.5 Å². The Labute approximate surface area is 230 Å². The van der Waals surface area contributed by atoms with Gasteiger partial charge in [-0.05, 0) is 81.6 Å². The van der Waals surface area contributed by atoms with Gasteiger partial charge in [-0.3, -0.25) is 0 Å². The van der Waals surface area contributed by atoms with Gasteiger partial charge in [0, 0.05) is 28.8 Å². The zero-order valence-electron chi connectivity index (χ0n) is 22.2. The molecule has 0 aliphatic carbocycles. The predicted octanol–water partition coefficient (Wildman–Crippen LogP) is 7.38. The molecule has 196 valence electrons. The van der Waals surface area contributed by atoms with Gasteiger partial charge in [0.1, 0.15) is 10.5 Å². The fraction of sp³-hybridized carbons (Fsp3) is 0.310. The van der Waals surface area contributed by atoms with Crippen LogP contribution in [-0.4, -0.2) is 36.7 Å². The van der Waals surface area contributed by atoms with Gasteiger partial charge in [0.15, 0.2) is 5.60 Å². The van der Waals surface area contributed by atoms with Gasteiger partial charge >= 0.3 is 5.97 Å². The number of aryl methyl sites for hydroxylation is 2. The Morgan fingerprint density at radius 2 is 1.76 bits per heavy atom. The summed E-state index contributed by atoms with van der Waals surface area (Å²) in [6.07, 6.45) is 0.252. The maximum absolute atomic E-state index is 13.0. The summed E-state index contributed by atoms with van der Waals surface area (Å²) >= 11 is 7.76. The number of hydrogen-bond donors (Lipinski definition) is 1. The van der Waals surface area contributed by atoms with Crippen molar-refractivity contribution in [1.82, 2.24) is 20.0 Å². The largest absolute Gasteiger partial charge is 0.479 e. The number of fused-ring (bicyclic) bond motifs is 2. The van der Waals surface area contributed by atoms with Crippen LogP contribution in [0, 0.1) is 6.92 Å². The van der Waals surface area contributed by atoms with Crippen LogP contribution in [0.1, 0.15) is 45.2 Å². The van der Waals surface area contributed by atoms with E-state index in [9.17, 15) is 9.90 Å². The second-order valence-electron chi connectivity index (χ2n) is 10.4. The second kappa shape index (κ2) is 9.45. The number of rotatable bonds is 6. The number of aliphatic carboxylic acids is 1. The minimum Gasteiger partial charge on any atom is -0.479 e. The highest BCUT2D eigenvalue weighted by molar-refractivity contribution is 7.22. The topological polar surface area (TPSA) is 90.1 Å². The summed E-state index contributed by atoms with van der Waals surface area (Å²) in [4.78, 5) is 18.0. The van der Waals surface area contributed by atoms with Crippen molar-refractivity contribution in [1.29, 1.82) is 0 Å². The fourth-order valence-corrected chi connectivity index (χ4v) is 6.27.